The van der Waals surface area contributed by atoms with Crippen LogP contribution < -0.4 is 15.4 Å². The van der Waals surface area contributed by atoms with Gasteiger partial charge in [0, 0.05) is 11.9 Å². The first kappa shape index (κ1) is 12.6. The van der Waals surface area contributed by atoms with Gasteiger partial charge in [-0.3, -0.25) is 0 Å². The third-order valence-electron chi connectivity index (χ3n) is 2.65. The average Bonchev–Trinajstić information content (AvgIpc) is 2.90. The molecule has 2 N–H and O–H groups in total. The van der Waals surface area contributed by atoms with Crippen molar-refractivity contribution >= 4 is 23.2 Å². The molecule has 1 unspecified atom stereocenters. The van der Waals surface area contributed by atoms with Gasteiger partial charge >= 0.3 is 6.01 Å². The van der Waals surface area contributed by atoms with Gasteiger partial charge < -0.3 is 15.4 Å². The lowest BCUT2D eigenvalue weighted by Crippen LogP contribution is -2.24. The van der Waals surface area contributed by atoms with Crippen molar-refractivity contribution < 1.29 is 4.74 Å². The van der Waals surface area contributed by atoms with Crippen LogP contribution in [0.25, 0.3) is 0 Å². The fourth-order valence-electron chi connectivity index (χ4n) is 1.50. The molecule has 2 rings (SSSR count). The van der Waals surface area contributed by atoms with Crippen LogP contribution in [0.4, 0.5) is 11.9 Å². The van der Waals surface area contributed by atoms with E-state index in [1.54, 1.807) is 11.3 Å². The zero-order valence-corrected chi connectivity index (χ0v) is 11.3. The maximum atomic E-state index is 5.63. The maximum Gasteiger partial charge on any atom is 0.322 e. The van der Waals surface area contributed by atoms with E-state index >= 15 is 0 Å². The molecule has 7 heteroatoms. The summed E-state index contributed by atoms with van der Waals surface area (Å²) in [5.41, 5.74) is 5.63. The van der Waals surface area contributed by atoms with E-state index in [1.165, 1.54) is 12.0 Å². The minimum atomic E-state index is 0.155. The summed E-state index contributed by atoms with van der Waals surface area (Å²) in [6, 6.07) is 4.49. The molecule has 0 aliphatic rings. The molecule has 0 saturated heterocycles. The van der Waals surface area contributed by atoms with Crippen LogP contribution in [0.15, 0.2) is 17.5 Å². The number of methoxy groups -OCH3 is 1. The summed E-state index contributed by atoms with van der Waals surface area (Å²) in [5.74, 6) is 0.655. The third kappa shape index (κ3) is 2.51. The van der Waals surface area contributed by atoms with E-state index in [4.69, 9.17) is 10.5 Å². The Hall–Kier alpha value is -1.89. The molecule has 0 bridgehead atoms. The van der Waals surface area contributed by atoms with Crippen molar-refractivity contribution in [2.45, 2.75) is 13.0 Å². The van der Waals surface area contributed by atoms with E-state index in [-0.39, 0.29) is 18.0 Å². The number of ether oxygens (including phenoxy) is 1. The van der Waals surface area contributed by atoms with Crippen molar-refractivity contribution in [2.75, 3.05) is 24.8 Å². The molecular formula is C11H15N5OS. The molecule has 2 heterocycles. The molecule has 1 atom stereocenters. The Morgan fingerprint density at radius 2 is 2.17 bits per heavy atom. The van der Waals surface area contributed by atoms with Gasteiger partial charge in [-0.15, -0.1) is 11.3 Å². The summed E-state index contributed by atoms with van der Waals surface area (Å²) < 4.78 is 4.99. The molecular weight excluding hydrogens is 250 g/mol. The molecule has 18 heavy (non-hydrogen) atoms. The van der Waals surface area contributed by atoms with Gasteiger partial charge in [0.25, 0.3) is 0 Å². The Morgan fingerprint density at radius 3 is 2.78 bits per heavy atom. The molecule has 0 aromatic carbocycles. The van der Waals surface area contributed by atoms with Crippen molar-refractivity contribution in [2.24, 2.45) is 0 Å². The van der Waals surface area contributed by atoms with Crippen LogP contribution in [-0.4, -0.2) is 29.1 Å². The van der Waals surface area contributed by atoms with E-state index in [1.807, 2.05) is 23.4 Å². The van der Waals surface area contributed by atoms with Gasteiger partial charge in [0.2, 0.25) is 11.9 Å². The van der Waals surface area contributed by atoms with E-state index in [9.17, 15) is 0 Å². The fourth-order valence-corrected chi connectivity index (χ4v) is 2.33. The molecule has 0 radical (unpaired) electrons. The van der Waals surface area contributed by atoms with Gasteiger partial charge in [0.15, 0.2) is 0 Å². The second-order valence-corrected chi connectivity index (χ2v) is 4.76. The first-order valence-electron chi connectivity index (χ1n) is 5.43. The molecule has 0 spiro atoms. The van der Waals surface area contributed by atoms with Crippen LogP contribution in [-0.2, 0) is 0 Å². The SMILES string of the molecule is COc1nc(N)nc(N(C)C(C)c2cccs2)n1. The Bertz CT molecular complexity index is 516. The van der Waals surface area contributed by atoms with Crippen molar-refractivity contribution in [3.05, 3.63) is 22.4 Å². The average molecular weight is 265 g/mol. The summed E-state index contributed by atoms with van der Waals surface area (Å²) in [5, 5.41) is 2.04. The largest absolute Gasteiger partial charge is 0.467 e. The zero-order chi connectivity index (χ0) is 13.1. The van der Waals surface area contributed by atoms with Gasteiger partial charge in [0.05, 0.1) is 13.2 Å². The van der Waals surface area contributed by atoms with Crippen molar-refractivity contribution in [3.63, 3.8) is 0 Å². The standard InChI is InChI=1S/C11H15N5OS/c1-7(8-5-4-6-18-8)16(2)10-13-9(12)14-11(15-10)17-3/h4-7H,1-3H3,(H2,12,13,14,15). The van der Waals surface area contributed by atoms with E-state index in [0.29, 0.717) is 5.95 Å². The molecule has 0 aliphatic carbocycles. The Balaban J connectivity index is 2.28. The topological polar surface area (TPSA) is 77.2 Å². The second kappa shape index (κ2) is 5.18. The van der Waals surface area contributed by atoms with Crippen LogP contribution in [0.3, 0.4) is 0 Å². The maximum absolute atomic E-state index is 5.63. The molecule has 0 aliphatic heterocycles. The van der Waals surface area contributed by atoms with Crippen LogP contribution in [0.5, 0.6) is 6.01 Å². The molecule has 0 amide bonds. The fraction of sp³-hybridized carbons (Fsp3) is 0.364. The smallest absolute Gasteiger partial charge is 0.322 e. The normalized spacial score (nSPS) is 12.2. The first-order valence-corrected chi connectivity index (χ1v) is 6.31. The van der Waals surface area contributed by atoms with E-state index < -0.39 is 0 Å². The predicted molar refractivity (Wildman–Crippen MR) is 71.9 cm³/mol. The third-order valence-corrected chi connectivity index (χ3v) is 3.70. The van der Waals surface area contributed by atoms with Crippen LogP contribution in [0, 0.1) is 0 Å². The van der Waals surface area contributed by atoms with Crippen molar-refractivity contribution in [3.8, 4) is 6.01 Å². The van der Waals surface area contributed by atoms with Crippen molar-refractivity contribution in [1.29, 1.82) is 0 Å². The lowest BCUT2D eigenvalue weighted by atomic mass is 10.2. The summed E-state index contributed by atoms with van der Waals surface area (Å²) >= 11 is 1.69. The minimum absolute atomic E-state index is 0.155. The van der Waals surface area contributed by atoms with Gasteiger partial charge in [-0.1, -0.05) is 6.07 Å². The van der Waals surface area contributed by atoms with Gasteiger partial charge in [-0.2, -0.15) is 15.0 Å². The lowest BCUT2D eigenvalue weighted by molar-refractivity contribution is 0.378. The highest BCUT2D eigenvalue weighted by Gasteiger charge is 2.17. The molecule has 0 fully saturated rings. The number of hydrogen-bond donors (Lipinski definition) is 1. The first-order chi connectivity index (χ1) is 8.61. The zero-order valence-electron chi connectivity index (χ0n) is 10.5. The van der Waals surface area contributed by atoms with Gasteiger partial charge in [0.1, 0.15) is 0 Å². The molecule has 2 aromatic rings. The van der Waals surface area contributed by atoms with E-state index in [2.05, 4.69) is 27.9 Å². The van der Waals surface area contributed by atoms with Gasteiger partial charge in [-0.25, -0.2) is 0 Å². The van der Waals surface area contributed by atoms with Crippen LogP contribution in [0.2, 0.25) is 0 Å². The summed E-state index contributed by atoms with van der Waals surface area (Å²) in [6.07, 6.45) is 0. The van der Waals surface area contributed by atoms with Crippen LogP contribution in [0.1, 0.15) is 17.8 Å². The summed E-state index contributed by atoms with van der Waals surface area (Å²) in [6.45, 7) is 2.08. The number of thiophene rings is 1. The molecule has 0 saturated carbocycles. The molecule has 2 aromatic heterocycles. The number of hydrogen-bond acceptors (Lipinski definition) is 7. The number of rotatable bonds is 4. The van der Waals surface area contributed by atoms with E-state index in [0.717, 1.165) is 0 Å². The van der Waals surface area contributed by atoms with Gasteiger partial charge in [-0.05, 0) is 18.4 Å². The highest BCUT2D eigenvalue weighted by Crippen LogP contribution is 2.26. The number of anilines is 2. The monoisotopic (exact) mass is 265 g/mol. The number of nitrogens with two attached hydrogens (primary N) is 1. The highest BCUT2D eigenvalue weighted by atomic mass is 32.1. The molecule has 96 valence electrons. The predicted octanol–water partition coefficient (Wildman–Crippen LogP) is 1.72. The number of nitrogen functional groups attached to an aromatic ring is 1. The second-order valence-electron chi connectivity index (χ2n) is 3.78. The quantitative estimate of drug-likeness (QED) is 0.907. The minimum Gasteiger partial charge on any atom is -0.467 e. The number of nitrogens with zero attached hydrogens (tertiary/aromatic N) is 4. The summed E-state index contributed by atoms with van der Waals surface area (Å²) in [7, 11) is 3.42. The highest BCUT2D eigenvalue weighted by molar-refractivity contribution is 7.10. The Kier molecular flexibility index (Phi) is 3.61. The molecule has 6 nitrogen and oxygen atoms in total. The van der Waals surface area contributed by atoms with Crippen molar-refractivity contribution in [1.82, 2.24) is 15.0 Å². The Morgan fingerprint density at radius 1 is 1.39 bits per heavy atom. The summed E-state index contributed by atoms with van der Waals surface area (Å²) in [4.78, 5) is 15.3. The number of aromatic nitrogens is 3. The van der Waals surface area contributed by atoms with Crippen LogP contribution >= 0.6 is 11.3 Å². The Labute approximate surface area is 109 Å². The lowest BCUT2D eigenvalue weighted by Gasteiger charge is -2.24.